The number of methoxy groups -OCH3 is 1. The van der Waals surface area contributed by atoms with Crippen LogP contribution in [-0.4, -0.2) is 12.1 Å². The number of aromatic nitrogens is 1. The summed E-state index contributed by atoms with van der Waals surface area (Å²) in [5, 5.41) is 3.68. The Bertz CT molecular complexity index is 531. The Labute approximate surface area is 110 Å². The molecule has 1 heterocycles. The number of hydrogen-bond acceptors (Lipinski definition) is 3. The van der Waals surface area contributed by atoms with E-state index >= 15 is 0 Å². The van der Waals surface area contributed by atoms with Gasteiger partial charge < -0.3 is 10.1 Å². The van der Waals surface area contributed by atoms with Crippen LogP contribution >= 0.6 is 11.6 Å². The van der Waals surface area contributed by atoms with Crippen LogP contribution in [0.4, 0.5) is 10.2 Å². The molecule has 2 rings (SSSR count). The summed E-state index contributed by atoms with van der Waals surface area (Å²) in [4.78, 5) is 3.91. The fourth-order valence-corrected chi connectivity index (χ4v) is 1.79. The number of pyridine rings is 1. The van der Waals surface area contributed by atoms with Gasteiger partial charge in [0.1, 0.15) is 17.4 Å². The number of ether oxygens (including phenoxy) is 1. The van der Waals surface area contributed by atoms with Crippen molar-refractivity contribution in [2.24, 2.45) is 0 Å². The van der Waals surface area contributed by atoms with Gasteiger partial charge in [0.2, 0.25) is 0 Å². The van der Waals surface area contributed by atoms with E-state index in [9.17, 15) is 4.39 Å². The van der Waals surface area contributed by atoms with Crippen molar-refractivity contribution in [3.8, 4) is 5.75 Å². The summed E-state index contributed by atoms with van der Waals surface area (Å²) in [5.41, 5.74) is 0.841. The minimum absolute atomic E-state index is 0.365. The maximum Gasteiger partial charge on any atom is 0.141 e. The fourth-order valence-electron chi connectivity index (χ4n) is 1.56. The largest absolute Gasteiger partial charge is 0.496 e. The molecule has 0 saturated carbocycles. The number of halogens is 2. The minimum atomic E-state index is -0.365. The lowest BCUT2D eigenvalue weighted by Crippen LogP contribution is -2.03. The first-order valence-corrected chi connectivity index (χ1v) is 5.75. The lowest BCUT2D eigenvalue weighted by Gasteiger charge is -2.11. The summed E-state index contributed by atoms with van der Waals surface area (Å²) in [6, 6.07) is 8.36. The van der Waals surface area contributed by atoms with Crippen molar-refractivity contribution < 1.29 is 9.13 Å². The number of rotatable bonds is 4. The molecular weight excluding hydrogens is 255 g/mol. The van der Waals surface area contributed by atoms with Gasteiger partial charge in [-0.1, -0.05) is 17.7 Å². The van der Waals surface area contributed by atoms with Crippen molar-refractivity contribution in [1.82, 2.24) is 4.98 Å². The second kappa shape index (κ2) is 5.69. The molecule has 3 nitrogen and oxygen atoms in total. The summed E-state index contributed by atoms with van der Waals surface area (Å²) >= 11 is 6.10. The summed E-state index contributed by atoms with van der Waals surface area (Å²) in [6.07, 6.45) is 1.16. The number of benzene rings is 1. The van der Waals surface area contributed by atoms with Gasteiger partial charge in [-0.05, 0) is 24.3 Å². The fraction of sp³-hybridized carbons (Fsp3) is 0.154. The molecule has 18 heavy (non-hydrogen) atoms. The van der Waals surface area contributed by atoms with Gasteiger partial charge in [0, 0.05) is 17.1 Å². The highest BCUT2D eigenvalue weighted by Gasteiger charge is 2.07. The van der Waals surface area contributed by atoms with E-state index in [-0.39, 0.29) is 5.82 Å². The van der Waals surface area contributed by atoms with E-state index in [2.05, 4.69) is 10.3 Å². The zero-order valence-corrected chi connectivity index (χ0v) is 10.5. The van der Waals surface area contributed by atoms with Gasteiger partial charge in [-0.25, -0.2) is 9.37 Å². The molecule has 0 bridgehead atoms. The lowest BCUT2D eigenvalue weighted by atomic mass is 10.2. The van der Waals surface area contributed by atoms with E-state index in [0.29, 0.717) is 23.1 Å². The quantitative estimate of drug-likeness (QED) is 0.920. The average molecular weight is 267 g/mol. The van der Waals surface area contributed by atoms with Gasteiger partial charge in [0.25, 0.3) is 0 Å². The lowest BCUT2D eigenvalue weighted by molar-refractivity contribution is 0.410. The number of nitrogens with one attached hydrogen (secondary N) is 1. The predicted octanol–water partition coefficient (Wildman–Crippen LogP) is 3.49. The molecule has 0 saturated heterocycles. The first kappa shape index (κ1) is 12.6. The summed E-state index contributed by atoms with van der Waals surface area (Å²) in [5.74, 6) is 0.923. The van der Waals surface area contributed by atoms with Crippen LogP contribution in [-0.2, 0) is 6.54 Å². The molecule has 0 unspecified atom stereocenters. The molecule has 5 heteroatoms. The highest BCUT2D eigenvalue weighted by Crippen LogP contribution is 2.26. The Kier molecular flexibility index (Phi) is 3.99. The molecular formula is C13H12ClFN2O. The van der Waals surface area contributed by atoms with E-state index in [1.807, 2.05) is 12.1 Å². The third-order valence-electron chi connectivity index (χ3n) is 2.47. The van der Waals surface area contributed by atoms with Gasteiger partial charge in [-0.15, -0.1) is 0 Å². The van der Waals surface area contributed by atoms with Gasteiger partial charge >= 0.3 is 0 Å². The monoisotopic (exact) mass is 266 g/mol. The molecule has 0 amide bonds. The Hall–Kier alpha value is -1.81. The maximum absolute atomic E-state index is 12.7. The van der Waals surface area contributed by atoms with Gasteiger partial charge in [-0.3, -0.25) is 0 Å². The standard InChI is InChI=1S/C13H12ClFN2O/c1-18-12-4-2-3-11(14)10(12)8-17-13-6-5-9(15)7-16-13/h2-7H,8H2,1H3,(H,16,17). The van der Waals surface area contributed by atoms with Crippen LogP contribution in [0.15, 0.2) is 36.5 Å². The summed E-state index contributed by atoms with van der Waals surface area (Å²) in [6.45, 7) is 0.460. The van der Waals surface area contributed by atoms with Crippen LogP contribution in [0.1, 0.15) is 5.56 Å². The van der Waals surface area contributed by atoms with Crippen LogP contribution in [0.25, 0.3) is 0 Å². The summed E-state index contributed by atoms with van der Waals surface area (Å²) in [7, 11) is 1.59. The first-order valence-electron chi connectivity index (χ1n) is 5.37. The summed E-state index contributed by atoms with van der Waals surface area (Å²) < 4.78 is 17.9. The molecule has 0 atom stereocenters. The van der Waals surface area contributed by atoms with Crippen molar-refractivity contribution in [3.05, 3.63) is 52.9 Å². The van der Waals surface area contributed by atoms with Crippen LogP contribution in [0.5, 0.6) is 5.75 Å². The molecule has 2 aromatic rings. The smallest absolute Gasteiger partial charge is 0.141 e. The van der Waals surface area contributed by atoms with E-state index in [0.717, 1.165) is 11.8 Å². The van der Waals surface area contributed by atoms with E-state index in [1.165, 1.54) is 6.07 Å². The van der Waals surface area contributed by atoms with Crippen LogP contribution in [0.2, 0.25) is 5.02 Å². The predicted molar refractivity (Wildman–Crippen MR) is 69.5 cm³/mol. The Morgan fingerprint density at radius 3 is 2.83 bits per heavy atom. The van der Waals surface area contributed by atoms with Crippen LogP contribution < -0.4 is 10.1 Å². The van der Waals surface area contributed by atoms with E-state index < -0.39 is 0 Å². The number of hydrogen-bond donors (Lipinski definition) is 1. The van der Waals surface area contributed by atoms with E-state index in [1.54, 1.807) is 19.2 Å². The normalized spacial score (nSPS) is 10.2. The first-order chi connectivity index (χ1) is 8.70. The second-order valence-corrected chi connectivity index (χ2v) is 4.04. The van der Waals surface area contributed by atoms with Crippen molar-refractivity contribution in [1.29, 1.82) is 0 Å². The molecule has 0 radical (unpaired) electrons. The SMILES string of the molecule is COc1cccc(Cl)c1CNc1ccc(F)cn1. The molecule has 0 spiro atoms. The molecule has 0 aliphatic rings. The third-order valence-corrected chi connectivity index (χ3v) is 2.82. The van der Waals surface area contributed by atoms with Crippen molar-refractivity contribution in [2.45, 2.75) is 6.54 Å². The second-order valence-electron chi connectivity index (χ2n) is 3.64. The number of nitrogens with zero attached hydrogens (tertiary/aromatic N) is 1. The molecule has 0 aliphatic heterocycles. The minimum Gasteiger partial charge on any atom is -0.496 e. The average Bonchev–Trinajstić information content (AvgIpc) is 2.39. The van der Waals surface area contributed by atoms with Gasteiger partial charge in [0.05, 0.1) is 13.3 Å². The maximum atomic E-state index is 12.7. The topological polar surface area (TPSA) is 34.1 Å². The molecule has 1 aromatic carbocycles. The van der Waals surface area contributed by atoms with Crippen LogP contribution in [0.3, 0.4) is 0 Å². The van der Waals surface area contributed by atoms with Gasteiger partial charge in [-0.2, -0.15) is 0 Å². The van der Waals surface area contributed by atoms with Gasteiger partial charge in [0.15, 0.2) is 0 Å². The van der Waals surface area contributed by atoms with E-state index in [4.69, 9.17) is 16.3 Å². The Balaban J connectivity index is 2.12. The molecule has 0 fully saturated rings. The zero-order chi connectivity index (χ0) is 13.0. The third kappa shape index (κ3) is 2.90. The molecule has 0 aliphatic carbocycles. The van der Waals surface area contributed by atoms with Crippen LogP contribution in [0, 0.1) is 5.82 Å². The highest BCUT2D eigenvalue weighted by molar-refractivity contribution is 6.31. The number of anilines is 1. The zero-order valence-electron chi connectivity index (χ0n) is 9.78. The van der Waals surface area contributed by atoms with Crippen molar-refractivity contribution >= 4 is 17.4 Å². The molecule has 1 N–H and O–H groups in total. The Morgan fingerprint density at radius 2 is 2.17 bits per heavy atom. The molecule has 94 valence electrons. The van der Waals surface area contributed by atoms with Crippen molar-refractivity contribution in [3.63, 3.8) is 0 Å². The molecule has 1 aromatic heterocycles. The Morgan fingerprint density at radius 1 is 1.33 bits per heavy atom. The highest BCUT2D eigenvalue weighted by atomic mass is 35.5. The van der Waals surface area contributed by atoms with Crippen molar-refractivity contribution in [2.75, 3.05) is 12.4 Å².